The number of H-pyrrole nitrogens is 1. The second-order valence-electron chi connectivity index (χ2n) is 8.07. The van der Waals surface area contributed by atoms with E-state index >= 15 is 0 Å². The summed E-state index contributed by atoms with van der Waals surface area (Å²) in [6.07, 6.45) is 1.33. The van der Waals surface area contributed by atoms with E-state index in [9.17, 15) is 14.0 Å². The van der Waals surface area contributed by atoms with Gasteiger partial charge in [0.1, 0.15) is 11.6 Å². The largest absolute Gasteiger partial charge is 0.339 e. The van der Waals surface area contributed by atoms with Crippen LogP contribution >= 0.6 is 11.6 Å². The third-order valence-corrected chi connectivity index (χ3v) is 6.11. The third kappa shape index (κ3) is 4.36. The maximum Gasteiger partial charge on any atom is 0.281 e. The topological polar surface area (TPSA) is 96.8 Å². The van der Waals surface area contributed by atoms with Gasteiger partial charge in [-0.2, -0.15) is 0 Å². The van der Waals surface area contributed by atoms with Crippen LogP contribution in [0.1, 0.15) is 40.5 Å². The zero-order valence-electron chi connectivity index (χ0n) is 17.5. The number of aromatic nitrogens is 5. The Hall–Kier alpha value is -3.59. The molecule has 4 aromatic rings. The van der Waals surface area contributed by atoms with Gasteiger partial charge in [-0.15, -0.1) is 5.10 Å². The number of hydrogen-bond donors (Lipinski definition) is 1. The summed E-state index contributed by atoms with van der Waals surface area (Å²) >= 11 is 6.01. The van der Waals surface area contributed by atoms with E-state index in [-0.39, 0.29) is 28.7 Å². The van der Waals surface area contributed by atoms with Crippen molar-refractivity contribution < 1.29 is 9.18 Å². The van der Waals surface area contributed by atoms with Gasteiger partial charge in [0.15, 0.2) is 11.2 Å². The van der Waals surface area contributed by atoms with Crippen molar-refractivity contribution in [3.05, 3.63) is 86.7 Å². The van der Waals surface area contributed by atoms with Crippen LogP contribution in [-0.4, -0.2) is 48.9 Å². The predicted octanol–water partition coefficient (Wildman–Crippen LogP) is 3.38. The minimum atomic E-state index is -0.349. The number of benzene rings is 2. The number of likely N-dealkylation sites (tertiary alicyclic amines) is 1. The molecule has 10 heteroatoms. The highest BCUT2D eigenvalue weighted by Crippen LogP contribution is 2.27. The third-order valence-electron chi connectivity index (χ3n) is 5.88. The van der Waals surface area contributed by atoms with Crippen LogP contribution < -0.4 is 5.56 Å². The van der Waals surface area contributed by atoms with Crippen molar-refractivity contribution in [3.8, 4) is 0 Å². The minimum absolute atomic E-state index is 0.000294. The molecule has 0 atom stereocenters. The van der Waals surface area contributed by atoms with Crippen molar-refractivity contribution in [1.82, 2.24) is 29.9 Å². The van der Waals surface area contributed by atoms with Crippen molar-refractivity contribution in [2.45, 2.75) is 25.3 Å². The van der Waals surface area contributed by atoms with E-state index in [1.807, 2.05) is 0 Å². The number of halogens is 2. The van der Waals surface area contributed by atoms with Crippen LogP contribution in [0.25, 0.3) is 11.2 Å². The van der Waals surface area contributed by atoms with Gasteiger partial charge in [0.05, 0.1) is 6.54 Å². The molecule has 33 heavy (non-hydrogen) atoms. The van der Waals surface area contributed by atoms with E-state index in [1.165, 1.54) is 12.1 Å². The van der Waals surface area contributed by atoms with E-state index in [0.29, 0.717) is 54.5 Å². The predicted molar refractivity (Wildman–Crippen MR) is 121 cm³/mol. The molecule has 0 radical (unpaired) electrons. The number of carbonyl (C=O) groups excluding carboxylic acids is 1. The fourth-order valence-electron chi connectivity index (χ4n) is 4.11. The molecule has 0 aliphatic carbocycles. The summed E-state index contributed by atoms with van der Waals surface area (Å²) in [6, 6.07) is 13.0. The quantitative estimate of drug-likeness (QED) is 0.497. The standard InChI is InChI=1S/C23H20ClFN6O2/c24-17-3-1-2-16(12-17)23(33)30-10-8-15(9-11-30)20-26-21-19(22(32)27-20)28-29-31(21)13-14-4-6-18(25)7-5-14/h1-7,12,15H,8-11,13H2,(H,26,27,32). The maximum absolute atomic E-state index is 13.2. The molecule has 0 spiro atoms. The summed E-state index contributed by atoms with van der Waals surface area (Å²) in [4.78, 5) is 34.7. The number of hydrogen-bond acceptors (Lipinski definition) is 5. The van der Waals surface area contributed by atoms with Crippen molar-refractivity contribution in [1.29, 1.82) is 0 Å². The maximum atomic E-state index is 13.2. The van der Waals surface area contributed by atoms with E-state index in [0.717, 1.165) is 5.56 Å². The molecule has 5 rings (SSSR count). The van der Waals surface area contributed by atoms with Gasteiger partial charge >= 0.3 is 0 Å². The second kappa shape index (κ2) is 8.74. The highest BCUT2D eigenvalue weighted by atomic mass is 35.5. The van der Waals surface area contributed by atoms with Crippen molar-refractivity contribution in [2.75, 3.05) is 13.1 Å². The molecule has 0 bridgehead atoms. The van der Waals surface area contributed by atoms with Crippen LogP contribution in [0.5, 0.6) is 0 Å². The fourth-order valence-corrected chi connectivity index (χ4v) is 4.30. The molecule has 3 heterocycles. The summed E-state index contributed by atoms with van der Waals surface area (Å²) in [6.45, 7) is 1.41. The van der Waals surface area contributed by atoms with Crippen LogP contribution in [0.15, 0.2) is 53.3 Å². The molecule has 0 unspecified atom stereocenters. The molecule has 1 aliphatic heterocycles. The lowest BCUT2D eigenvalue weighted by Gasteiger charge is -2.31. The van der Waals surface area contributed by atoms with Crippen LogP contribution in [0.2, 0.25) is 5.02 Å². The Morgan fingerprint density at radius 3 is 2.64 bits per heavy atom. The number of piperidine rings is 1. The van der Waals surface area contributed by atoms with Gasteiger partial charge in [0.2, 0.25) is 0 Å². The first-order valence-electron chi connectivity index (χ1n) is 10.6. The van der Waals surface area contributed by atoms with Crippen LogP contribution in [0, 0.1) is 5.82 Å². The Labute approximate surface area is 193 Å². The van der Waals surface area contributed by atoms with Gasteiger partial charge in [-0.1, -0.05) is 35.0 Å². The first-order chi connectivity index (χ1) is 16.0. The molecular formula is C23H20ClFN6O2. The lowest BCUT2D eigenvalue weighted by molar-refractivity contribution is 0.0711. The molecule has 8 nitrogen and oxygen atoms in total. The van der Waals surface area contributed by atoms with E-state index in [2.05, 4.69) is 20.3 Å². The Morgan fingerprint density at radius 2 is 1.91 bits per heavy atom. The van der Waals surface area contributed by atoms with Crippen molar-refractivity contribution in [3.63, 3.8) is 0 Å². The zero-order chi connectivity index (χ0) is 22.9. The summed E-state index contributed by atoms with van der Waals surface area (Å²) in [5.41, 5.74) is 1.58. The first-order valence-corrected chi connectivity index (χ1v) is 11.0. The lowest BCUT2D eigenvalue weighted by Crippen LogP contribution is -2.38. The molecule has 1 amide bonds. The SMILES string of the molecule is O=C(c1cccc(Cl)c1)N1CCC(c2nc3c(nnn3Cc3ccc(F)cc3)c(=O)[nH]2)CC1. The Morgan fingerprint density at radius 1 is 1.15 bits per heavy atom. The Bertz CT molecular complexity index is 1380. The van der Waals surface area contributed by atoms with Crippen LogP contribution in [0.4, 0.5) is 4.39 Å². The number of amides is 1. The molecule has 1 saturated heterocycles. The van der Waals surface area contributed by atoms with E-state index in [1.54, 1.807) is 46.0 Å². The van der Waals surface area contributed by atoms with Crippen LogP contribution in [-0.2, 0) is 6.54 Å². The number of fused-ring (bicyclic) bond motifs is 1. The monoisotopic (exact) mass is 466 g/mol. The summed E-state index contributed by atoms with van der Waals surface area (Å²) in [5, 5.41) is 8.55. The molecule has 168 valence electrons. The van der Waals surface area contributed by atoms with Gasteiger partial charge < -0.3 is 9.88 Å². The highest BCUT2D eigenvalue weighted by molar-refractivity contribution is 6.30. The number of nitrogens with zero attached hydrogens (tertiary/aromatic N) is 5. The zero-order valence-corrected chi connectivity index (χ0v) is 18.3. The van der Waals surface area contributed by atoms with Crippen LogP contribution in [0.3, 0.4) is 0 Å². The van der Waals surface area contributed by atoms with Gasteiger partial charge in [0, 0.05) is 29.6 Å². The van der Waals surface area contributed by atoms with Gasteiger partial charge in [0.25, 0.3) is 11.5 Å². The smallest absolute Gasteiger partial charge is 0.281 e. The Kier molecular flexibility index (Phi) is 5.63. The fraction of sp³-hybridized carbons (Fsp3) is 0.261. The molecule has 1 aliphatic rings. The molecule has 1 fully saturated rings. The highest BCUT2D eigenvalue weighted by Gasteiger charge is 2.27. The lowest BCUT2D eigenvalue weighted by atomic mass is 9.95. The molecule has 0 saturated carbocycles. The van der Waals surface area contributed by atoms with Gasteiger partial charge in [-0.05, 0) is 48.7 Å². The summed E-state index contributed by atoms with van der Waals surface area (Å²) in [7, 11) is 0. The summed E-state index contributed by atoms with van der Waals surface area (Å²) < 4.78 is 14.7. The van der Waals surface area contributed by atoms with E-state index < -0.39 is 0 Å². The van der Waals surface area contributed by atoms with Gasteiger partial charge in [-0.25, -0.2) is 14.1 Å². The normalized spacial score (nSPS) is 14.7. The first kappa shape index (κ1) is 21.3. The average molecular weight is 467 g/mol. The van der Waals surface area contributed by atoms with Gasteiger partial charge in [-0.3, -0.25) is 9.59 Å². The molecule has 2 aromatic heterocycles. The summed E-state index contributed by atoms with van der Waals surface area (Å²) in [5.74, 6) is 0.179. The van der Waals surface area contributed by atoms with Crippen molar-refractivity contribution in [2.24, 2.45) is 0 Å². The Balaban J connectivity index is 1.34. The minimum Gasteiger partial charge on any atom is -0.339 e. The molecular weight excluding hydrogens is 447 g/mol. The number of carbonyl (C=O) groups is 1. The van der Waals surface area contributed by atoms with Crippen molar-refractivity contribution >= 4 is 28.7 Å². The molecule has 2 aromatic carbocycles. The average Bonchev–Trinajstić information content (AvgIpc) is 3.23. The number of aromatic amines is 1. The number of rotatable bonds is 4. The number of nitrogens with one attached hydrogen (secondary N) is 1. The molecule has 1 N–H and O–H groups in total. The van der Waals surface area contributed by atoms with E-state index in [4.69, 9.17) is 11.6 Å². The second-order valence-corrected chi connectivity index (χ2v) is 8.51.